The molecule has 0 amide bonds. The van der Waals surface area contributed by atoms with Gasteiger partial charge < -0.3 is 5.73 Å². The largest absolute Gasteiger partial charge is 0.327 e. The average molecular weight is 336 g/mol. The van der Waals surface area contributed by atoms with Gasteiger partial charge in [-0.1, -0.05) is 29.8 Å². The lowest BCUT2D eigenvalue weighted by Crippen LogP contribution is -2.25. The topological polar surface area (TPSA) is 43.8 Å². The molecular formula is C16H22BrN3. The summed E-state index contributed by atoms with van der Waals surface area (Å²) in [6, 6.07) is 8.79. The van der Waals surface area contributed by atoms with Crippen LogP contribution in [0.25, 0.3) is 0 Å². The van der Waals surface area contributed by atoms with Gasteiger partial charge in [-0.25, -0.2) is 0 Å². The van der Waals surface area contributed by atoms with Crippen molar-refractivity contribution in [1.29, 1.82) is 0 Å². The Balaban J connectivity index is 1.94. The van der Waals surface area contributed by atoms with Gasteiger partial charge in [0.15, 0.2) is 0 Å². The average Bonchev–Trinajstić information content (AvgIpc) is 2.63. The van der Waals surface area contributed by atoms with E-state index in [2.05, 4.69) is 52.2 Å². The van der Waals surface area contributed by atoms with Crippen LogP contribution in [0.5, 0.6) is 0 Å². The summed E-state index contributed by atoms with van der Waals surface area (Å²) in [4.78, 5) is 0. The third-order valence-electron chi connectivity index (χ3n) is 3.60. The molecule has 0 bridgehead atoms. The zero-order valence-electron chi connectivity index (χ0n) is 12.4. The van der Waals surface area contributed by atoms with Gasteiger partial charge in [-0.05, 0) is 48.2 Å². The van der Waals surface area contributed by atoms with Crippen LogP contribution in [0, 0.1) is 13.8 Å². The number of rotatable bonds is 5. The highest BCUT2D eigenvalue weighted by Gasteiger charge is 2.14. The van der Waals surface area contributed by atoms with E-state index in [9.17, 15) is 0 Å². The van der Waals surface area contributed by atoms with Gasteiger partial charge in [-0.3, -0.25) is 4.68 Å². The molecule has 0 aliphatic rings. The second kappa shape index (κ2) is 6.55. The lowest BCUT2D eigenvalue weighted by atomic mass is 10.0. The third-order valence-corrected chi connectivity index (χ3v) is 4.63. The first kappa shape index (κ1) is 15.3. The van der Waals surface area contributed by atoms with Crippen molar-refractivity contribution in [3.63, 3.8) is 0 Å². The molecule has 2 rings (SSSR count). The summed E-state index contributed by atoms with van der Waals surface area (Å²) < 4.78 is 3.01. The predicted octanol–water partition coefficient (Wildman–Crippen LogP) is 3.30. The molecule has 4 heteroatoms. The van der Waals surface area contributed by atoms with Gasteiger partial charge in [0.2, 0.25) is 0 Å². The summed E-state index contributed by atoms with van der Waals surface area (Å²) in [6.45, 7) is 4.13. The Morgan fingerprint density at radius 2 is 2.10 bits per heavy atom. The van der Waals surface area contributed by atoms with Crippen molar-refractivity contribution < 1.29 is 0 Å². The Morgan fingerprint density at radius 3 is 2.70 bits per heavy atom. The van der Waals surface area contributed by atoms with E-state index < -0.39 is 0 Å². The molecule has 0 fully saturated rings. The summed E-state index contributed by atoms with van der Waals surface area (Å²) in [5.41, 5.74) is 11.1. The molecule has 0 radical (unpaired) electrons. The molecule has 0 aliphatic heterocycles. The first-order valence-corrected chi connectivity index (χ1v) is 7.75. The number of benzene rings is 1. The van der Waals surface area contributed by atoms with Crippen molar-refractivity contribution in [2.45, 2.75) is 39.2 Å². The summed E-state index contributed by atoms with van der Waals surface area (Å²) in [5.74, 6) is 0. The minimum absolute atomic E-state index is 0.154. The maximum atomic E-state index is 6.28. The molecule has 0 saturated carbocycles. The van der Waals surface area contributed by atoms with Gasteiger partial charge in [-0.15, -0.1) is 0 Å². The number of hydrogen-bond acceptors (Lipinski definition) is 2. The maximum Gasteiger partial charge on any atom is 0.0738 e. The Morgan fingerprint density at radius 1 is 1.35 bits per heavy atom. The van der Waals surface area contributed by atoms with E-state index in [0.717, 1.165) is 29.4 Å². The lowest BCUT2D eigenvalue weighted by Gasteiger charge is -2.12. The van der Waals surface area contributed by atoms with E-state index >= 15 is 0 Å². The van der Waals surface area contributed by atoms with Crippen LogP contribution < -0.4 is 5.73 Å². The fourth-order valence-electron chi connectivity index (χ4n) is 2.47. The highest BCUT2D eigenvalue weighted by Crippen LogP contribution is 2.22. The van der Waals surface area contributed by atoms with Crippen LogP contribution in [-0.2, 0) is 19.9 Å². The quantitative estimate of drug-likeness (QED) is 0.910. The van der Waals surface area contributed by atoms with E-state index in [-0.39, 0.29) is 6.04 Å². The highest BCUT2D eigenvalue weighted by atomic mass is 79.9. The van der Waals surface area contributed by atoms with Gasteiger partial charge in [-0.2, -0.15) is 5.10 Å². The summed E-state index contributed by atoms with van der Waals surface area (Å²) in [5, 5.41) is 4.41. The monoisotopic (exact) mass is 335 g/mol. The Kier molecular flexibility index (Phi) is 5.00. The van der Waals surface area contributed by atoms with Crippen LogP contribution in [0.4, 0.5) is 0 Å². The smallest absolute Gasteiger partial charge is 0.0738 e. The van der Waals surface area contributed by atoms with Crippen molar-refractivity contribution in [2.24, 2.45) is 12.8 Å². The van der Waals surface area contributed by atoms with Gasteiger partial charge in [0.05, 0.1) is 15.9 Å². The van der Waals surface area contributed by atoms with Crippen molar-refractivity contribution in [1.82, 2.24) is 9.78 Å². The molecule has 3 nitrogen and oxygen atoms in total. The second-order valence-corrected chi connectivity index (χ2v) is 6.25. The summed E-state index contributed by atoms with van der Waals surface area (Å²) >= 11 is 3.60. The molecule has 108 valence electrons. The lowest BCUT2D eigenvalue weighted by molar-refractivity contribution is 0.576. The number of aryl methyl sites for hydroxylation is 4. The zero-order valence-corrected chi connectivity index (χ0v) is 13.9. The minimum Gasteiger partial charge on any atom is -0.327 e. The number of hydrogen-bond donors (Lipinski definition) is 1. The number of halogens is 1. The maximum absolute atomic E-state index is 6.28. The predicted molar refractivity (Wildman–Crippen MR) is 86.8 cm³/mol. The molecule has 20 heavy (non-hydrogen) atoms. The third kappa shape index (κ3) is 3.70. The van der Waals surface area contributed by atoms with E-state index in [1.54, 1.807) is 0 Å². The van der Waals surface area contributed by atoms with Gasteiger partial charge in [0.25, 0.3) is 0 Å². The second-order valence-electron chi connectivity index (χ2n) is 5.46. The van der Waals surface area contributed by atoms with Crippen molar-refractivity contribution in [3.8, 4) is 0 Å². The van der Waals surface area contributed by atoms with Crippen LogP contribution in [0.2, 0.25) is 0 Å². The highest BCUT2D eigenvalue weighted by molar-refractivity contribution is 9.10. The molecule has 2 aromatic rings. The Hall–Kier alpha value is -1.13. The van der Waals surface area contributed by atoms with E-state index in [1.807, 2.05) is 18.7 Å². The van der Waals surface area contributed by atoms with Crippen LogP contribution in [-0.4, -0.2) is 15.8 Å². The molecule has 1 heterocycles. The SMILES string of the molecule is Cc1cccc(CCC(N)Cc2c(Br)c(C)nn2C)c1. The molecule has 0 aliphatic carbocycles. The van der Waals surface area contributed by atoms with Crippen molar-refractivity contribution in [2.75, 3.05) is 0 Å². The Labute approximate surface area is 129 Å². The van der Waals surface area contributed by atoms with Gasteiger partial charge in [0.1, 0.15) is 0 Å². The minimum atomic E-state index is 0.154. The molecule has 1 aromatic heterocycles. The van der Waals surface area contributed by atoms with Crippen LogP contribution in [0.15, 0.2) is 28.7 Å². The van der Waals surface area contributed by atoms with Gasteiger partial charge >= 0.3 is 0 Å². The molecule has 2 N–H and O–H groups in total. The molecule has 1 unspecified atom stereocenters. The van der Waals surface area contributed by atoms with Crippen LogP contribution in [0.1, 0.15) is 28.9 Å². The van der Waals surface area contributed by atoms with Crippen molar-refractivity contribution in [3.05, 3.63) is 51.3 Å². The van der Waals surface area contributed by atoms with E-state index in [0.29, 0.717) is 0 Å². The number of aromatic nitrogens is 2. The molecule has 0 spiro atoms. The van der Waals surface area contributed by atoms with E-state index in [4.69, 9.17) is 5.73 Å². The first-order valence-electron chi connectivity index (χ1n) is 6.96. The number of nitrogens with zero attached hydrogens (tertiary/aromatic N) is 2. The van der Waals surface area contributed by atoms with Gasteiger partial charge in [0, 0.05) is 19.5 Å². The summed E-state index contributed by atoms with van der Waals surface area (Å²) in [6.07, 6.45) is 2.86. The summed E-state index contributed by atoms with van der Waals surface area (Å²) in [7, 11) is 1.97. The normalized spacial score (nSPS) is 12.7. The first-order chi connectivity index (χ1) is 9.47. The fraction of sp³-hybridized carbons (Fsp3) is 0.438. The molecule has 1 atom stereocenters. The fourth-order valence-corrected chi connectivity index (χ4v) is 2.97. The number of nitrogens with two attached hydrogens (primary N) is 1. The molecule has 0 saturated heterocycles. The van der Waals surface area contributed by atoms with Crippen molar-refractivity contribution >= 4 is 15.9 Å². The Bertz CT molecular complexity index is 589. The molecular weight excluding hydrogens is 314 g/mol. The standard InChI is InChI=1S/C16H22BrN3/c1-11-5-4-6-13(9-11)7-8-14(18)10-15-16(17)12(2)19-20(15)3/h4-6,9,14H,7-8,10,18H2,1-3H3. The zero-order chi connectivity index (χ0) is 14.7. The van der Waals surface area contributed by atoms with Crippen LogP contribution in [0.3, 0.4) is 0 Å². The van der Waals surface area contributed by atoms with Crippen LogP contribution >= 0.6 is 15.9 Å². The van der Waals surface area contributed by atoms with E-state index in [1.165, 1.54) is 16.8 Å². The molecule has 1 aromatic carbocycles.